The van der Waals surface area contributed by atoms with Gasteiger partial charge in [0.15, 0.2) is 5.11 Å². The summed E-state index contributed by atoms with van der Waals surface area (Å²) in [7, 11) is 0. The number of amides is 1. The first-order chi connectivity index (χ1) is 12.4. The highest BCUT2D eigenvalue weighted by atomic mass is 32.1. The number of carbonyl (C=O) groups excluding carboxylic acids is 1. The summed E-state index contributed by atoms with van der Waals surface area (Å²) in [5.41, 5.74) is 2.00. The minimum Gasteiger partial charge on any atom is -0.506 e. The smallest absolute Gasteiger partial charge is 0.257 e. The molecule has 0 spiro atoms. The third kappa shape index (κ3) is 5.20. The molecule has 1 amide bonds. The van der Waals surface area contributed by atoms with Gasteiger partial charge in [0.05, 0.1) is 12.3 Å². The molecule has 3 N–H and O–H groups in total. The quantitative estimate of drug-likeness (QED) is 0.517. The molecule has 0 aliphatic carbocycles. The van der Waals surface area contributed by atoms with E-state index in [-0.39, 0.29) is 16.8 Å². The molecule has 0 saturated carbocycles. The van der Waals surface area contributed by atoms with E-state index < -0.39 is 0 Å². The summed E-state index contributed by atoms with van der Waals surface area (Å²) in [5, 5.41) is 15.7. The molecular formula is C20H24N2O3S. The predicted octanol–water partition coefficient (Wildman–Crippen LogP) is 4.43. The van der Waals surface area contributed by atoms with E-state index >= 15 is 0 Å². The van der Waals surface area contributed by atoms with E-state index in [0.717, 1.165) is 12.0 Å². The SMILES string of the molecule is CCOc1cccc(C(=O)NC(=S)Nc2cc(C(C)CC)ccc2O)c1. The van der Waals surface area contributed by atoms with Crippen LogP contribution in [0.1, 0.15) is 49.0 Å². The van der Waals surface area contributed by atoms with Crippen LogP contribution in [0.3, 0.4) is 0 Å². The molecule has 2 rings (SSSR count). The van der Waals surface area contributed by atoms with Crippen LogP contribution in [0.15, 0.2) is 42.5 Å². The minimum absolute atomic E-state index is 0.0759. The van der Waals surface area contributed by atoms with Crippen molar-refractivity contribution in [3.8, 4) is 11.5 Å². The fourth-order valence-corrected chi connectivity index (χ4v) is 2.62. The molecule has 0 saturated heterocycles. The third-order valence-corrected chi connectivity index (χ3v) is 4.29. The van der Waals surface area contributed by atoms with Crippen molar-refractivity contribution in [3.05, 3.63) is 53.6 Å². The minimum atomic E-state index is -0.346. The number of ether oxygens (including phenoxy) is 1. The molecule has 2 aromatic carbocycles. The van der Waals surface area contributed by atoms with E-state index in [1.54, 1.807) is 30.3 Å². The van der Waals surface area contributed by atoms with Gasteiger partial charge < -0.3 is 15.2 Å². The molecular weight excluding hydrogens is 348 g/mol. The van der Waals surface area contributed by atoms with E-state index in [2.05, 4.69) is 24.5 Å². The number of hydrogen-bond donors (Lipinski definition) is 3. The number of rotatable bonds is 6. The summed E-state index contributed by atoms with van der Waals surface area (Å²) >= 11 is 5.21. The molecule has 1 unspecified atom stereocenters. The number of thiocarbonyl (C=S) groups is 1. The molecule has 5 nitrogen and oxygen atoms in total. The van der Waals surface area contributed by atoms with Gasteiger partial charge >= 0.3 is 0 Å². The number of aromatic hydroxyl groups is 1. The Kier molecular flexibility index (Phi) is 6.97. The number of phenolic OH excluding ortho intramolecular Hbond substituents is 1. The van der Waals surface area contributed by atoms with Crippen LogP contribution in [0.2, 0.25) is 0 Å². The summed E-state index contributed by atoms with van der Waals surface area (Å²) in [4.78, 5) is 12.4. The highest BCUT2D eigenvalue weighted by Crippen LogP contribution is 2.29. The fourth-order valence-electron chi connectivity index (χ4n) is 2.42. The molecule has 0 radical (unpaired) electrons. The highest BCUT2D eigenvalue weighted by Gasteiger charge is 2.12. The second kappa shape index (κ2) is 9.20. The topological polar surface area (TPSA) is 70.6 Å². The third-order valence-electron chi connectivity index (χ3n) is 4.08. The summed E-state index contributed by atoms with van der Waals surface area (Å²) < 4.78 is 5.40. The zero-order valence-corrected chi connectivity index (χ0v) is 16.0. The average molecular weight is 372 g/mol. The number of nitrogens with one attached hydrogen (secondary N) is 2. The van der Waals surface area contributed by atoms with Gasteiger partial charge in [-0.1, -0.05) is 26.0 Å². The van der Waals surface area contributed by atoms with Crippen molar-refractivity contribution >= 4 is 28.9 Å². The van der Waals surface area contributed by atoms with Gasteiger partial charge in [-0.25, -0.2) is 0 Å². The van der Waals surface area contributed by atoms with Gasteiger partial charge in [0.1, 0.15) is 11.5 Å². The number of benzene rings is 2. The van der Waals surface area contributed by atoms with Crippen LogP contribution in [-0.2, 0) is 0 Å². The van der Waals surface area contributed by atoms with Crippen molar-refractivity contribution in [2.45, 2.75) is 33.1 Å². The number of hydrogen-bond acceptors (Lipinski definition) is 4. The zero-order chi connectivity index (χ0) is 19.1. The Balaban J connectivity index is 2.06. The molecule has 6 heteroatoms. The summed E-state index contributed by atoms with van der Waals surface area (Å²) in [5.74, 6) is 0.715. The fraction of sp³-hybridized carbons (Fsp3) is 0.300. The first-order valence-corrected chi connectivity index (χ1v) is 9.03. The molecule has 0 fully saturated rings. The first-order valence-electron chi connectivity index (χ1n) is 8.62. The van der Waals surface area contributed by atoms with Gasteiger partial charge in [-0.05, 0) is 67.4 Å². The van der Waals surface area contributed by atoms with Crippen LogP contribution in [0.4, 0.5) is 5.69 Å². The van der Waals surface area contributed by atoms with E-state index in [4.69, 9.17) is 17.0 Å². The number of carbonyl (C=O) groups is 1. The Morgan fingerprint density at radius 2 is 2.00 bits per heavy atom. The lowest BCUT2D eigenvalue weighted by molar-refractivity contribution is 0.0977. The van der Waals surface area contributed by atoms with Crippen LogP contribution < -0.4 is 15.4 Å². The van der Waals surface area contributed by atoms with Crippen LogP contribution in [-0.4, -0.2) is 22.7 Å². The van der Waals surface area contributed by atoms with Gasteiger partial charge in [0.25, 0.3) is 5.91 Å². The average Bonchev–Trinajstić information content (AvgIpc) is 2.63. The van der Waals surface area contributed by atoms with Crippen molar-refractivity contribution in [1.82, 2.24) is 5.32 Å². The van der Waals surface area contributed by atoms with E-state index in [9.17, 15) is 9.90 Å². The molecule has 138 valence electrons. The van der Waals surface area contributed by atoms with Crippen LogP contribution >= 0.6 is 12.2 Å². The Bertz CT molecular complexity index is 792. The van der Waals surface area contributed by atoms with Gasteiger partial charge in [-0.3, -0.25) is 10.1 Å². The molecule has 2 aromatic rings. The molecule has 1 atom stereocenters. The number of anilines is 1. The van der Waals surface area contributed by atoms with Gasteiger partial charge in [-0.2, -0.15) is 0 Å². The Labute approximate surface area is 159 Å². The number of phenols is 1. The van der Waals surface area contributed by atoms with Crippen molar-refractivity contribution < 1.29 is 14.6 Å². The van der Waals surface area contributed by atoms with Crippen molar-refractivity contribution in [2.24, 2.45) is 0 Å². The lowest BCUT2D eigenvalue weighted by atomic mass is 9.98. The van der Waals surface area contributed by atoms with Crippen molar-refractivity contribution in [1.29, 1.82) is 0 Å². The first kappa shape index (κ1) is 19.7. The van der Waals surface area contributed by atoms with E-state index in [0.29, 0.717) is 29.5 Å². The van der Waals surface area contributed by atoms with Crippen LogP contribution in [0.25, 0.3) is 0 Å². The van der Waals surface area contributed by atoms with Crippen LogP contribution in [0, 0.1) is 0 Å². The van der Waals surface area contributed by atoms with Crippen molar-refractivity contribution in [2.75, 3.05) is 11.9 Å². The maximum absolute atomic E-state index is 12.4. The molecule has 0 aliphatic rings. The van der Waals surface area contributed by atoms with Gasteiger partial charge in [0.2, 0.25) is 0 Å². The molecule has 26 heavy (non-hydrogen) atoms. The second-order valence-corrected chi connectivity index (χ2v) is 6.36. The maximum atomic E-state index is 12.4. The maximum Gasteiger partial charge on any atom is 0.257 e. The molecule has 0 bridgehead atoms. The Morgan fingerprint density at radius 3 is 2.69 bits per heavy atom. The second-order valence-electron chi connectivity index (χ2n) is 5.95. The van der Waals surface area contributed by atoms with E-state index in [1.807, 2.05) is 19.1 Å². The monoisotopic (exact) mass is 372 g/mol. The predicted molar refractivity (Wildman–Crippen MR) is 108 cm³/mol. The zero-order valence-electron chi connectivity index (χ0n) is 15.2. The lowest BCUT2D eigenvalue weighted by Crippen LogP contribution is -2.34. The molecule has 0 aliphatic heterocycles. The van der Waals surface area contributed by atoms with Crippen molar-refractivity contribution in [3.63, 3.8) is 0 Å². The Hall–Kier alpha value is -2.60. The van der Waals surface area contributed by atoms with Gasteiger partial charge in [-0.15, -0.1) is 0 Å². The summed E-state index contributed by atoms with van der Waals surface area (Å²) in [6.45, 7) is 6.62. The van der Waals surface area contributed by atoms with Gasteiger partial charge in [0, 0.05) is 5.56 Å². The molecule has 0 aromatic heterocycles. The lowest BCUT2D eigenvalue weighted by Gasteiger charge is -2.15. The summed E-state index contributed by atoms with van der Waals surface area (Å²) in [6, 6.07) is 12.2. The Morgan fingerprint density at radius 1 is 1.23 bits per heavy atom. The largest absolute Gasteiger partial charge is 0.506 e. The normalized spacial score (nSPS) is 11.5. The van der Waals surface area contributed by atoms with E-state index in [1.165, 1.54) is 0 Å². The highest BCUT2D eigenvalue weighted by molar-refractivity contribution is 7.80. The molecule has 0 heterocycles. The van der Waals surface area contributed by atoms with Crippen LogP contribution in [0.5, 0.6) is 11.5 Å². The standard InChI is InChI=1S/C20H24N2O3S/c1-4-13(3)14-9-10-18(23)17(12-14)21-20(26)22-19(24)15-7-6-8-16(11-15)25-5-2/h6-13,23H,4-5H2,1-3H3,(H2,21,22,24,26). The summed E-state index contributed by atoms with van der Waals surface area (Å²) in [6.07, 6.45) is 0.988.